The van der Waals surface area contributed by atoms with Crippen molar-refractivity contribution in [2.24, 2.45) is 5.73 Å². The normalized spacial score (nSPS) is 10.0. The summed E-state index contributed by atoms with van der Waals surface area (Å²) in [5, 5.41) is 3.11. The fraction of sp³-hybridized carbons (Fsp3) is 0.0769. The van der Waals surface area contributed by atoms with Crippen LogP contribution in [0.3, 0.4) is 0 Å². The average Bonchev–Trinajstić information content (AvgIpc) is 2.38. The van der Waals surface area contributed by atoms with Crippen molar-refractivity contribution in [3.05, 3.63) is 53.9 Å². The second-order valence-electron chi connectivity index (χ2n) is 3.85. The summed E-state index contributed by atoms with van der Waals surface area (Å²) in [6.45, 7) is 0.530. The van der Waals surface area contributed by atoms with Crippen molar-refractivity contribution >= 4 is 17.3 Å². The van der Waals surface area contributed by atoms with Crippen molar-refractivity contribution in [2.75, 3.05) is 11.1 Å². The van der Waals surface area contributed by atoms with E-state index in [1.165, 1.54) is 0 Å². The summed E-state index contributed by atoms with van der Waals surface area (Å²) in [6, 6.07) is 8.84. The third kappa shape index (κ3) is 2.57. The molecule has 0 aliphatic heterocycles. The molecule has 2 aromatic rings. The maximum absolute atomic E-state index is 11.3. The highest BCUT2D eigenvalue weighted by atomic mass is 16.1. The Bertz CT molecular complexity index is 554. The third-order valence-electron chi connectivity index (χ3n) is 2.55. The first-order valence-electron chi connectivity index (χ1n) is 5.49. The molecule has 5 nitrogen and oxygen atoms in total. The number of pyridine rings is 1. The van der Waals surface area contributed by atoms with E-state index >= 15 is 0 Å². The number of anilines is 2. The van der Waals surface area contributed by atoms with E-state index in [0.29, 0.717) is 23.5 Å². The van der Waals surface area contributed by atoms with Gasteiger partial charge in [0.2, 0.25) is 0 Å². The van der Waals surface area contributed by atoms with Crippen molar-refractivity contribution in [1.82, 2.24) is 4.98 Å². The summed E-state index contributed by atoms with van der Waals surface area (Å²) in [4.78, 5) is 15.3. The molecule has 0 unspecified atom stereocenters. The van der Waals surface area contributed by atoms with Crippen molar-refractivity contribution in [3.8, 4) is 0 Å². The number of nitrogen functional groups attached to an aromatic ring is 1. The molecule has 5 N–H and O–H groups in total. The molecule has 18 heavy (non-hydrogen) atoms. The van der Waals surface area contributed by atoms with Crippen molar-refractivity contribution < 1.29 is 4.79 Å². The van der Waals surface area contributed by atoms with Crippen molar-refractivity contribution in [3.63, 3.8) is 0 Å². The fourth-order valence-corrected chi connectivity index (χ4v) is 1.67. The Hall–Kier alpha value is -2.56. The monoisotopic (exact) mass is 242 g/mol. The van der Waals surface area contributed by atoms with Gasteiger partial charge in [0, 0.05) is 18.9 Å². The topological polar surface area (TPSA) is 94.0 Å². The van der Waals surface area contributed by atoms with Crippen LogP contribution in [0, 0.1) is 0 Å². The molecule has 92 valence electrons. The quantitative estimate of drug-likeness (QED) is 0.706. The highest BCUT2D eigenvalue weighted by Crippen LogP contribution is 2.23. The lowest BCUT2D eigenvalue weighted by Crippen LogP contribution is -2.15. The van der Waals surface area contributed by atoms with Gasteiger partial charge in [-0.25, -0.2) is 0 Å². The van der Waals surface area contributed by atoms with Gasteiger partial charge in [0.15, 0.2) is 0 Å². The molecule has 1 heterocycles. The first-order valence-corrected chi connectivity index (χ1v) is 5.49. The Morgan fingerprint density at radius 1 is 1.28 bits per heavy atom. The highest BCUT2D eigenvalue weighted by molar-refractivity contribution is 6.01. The molecule has 0 fully saturated rings. The summed E-state index contributed by atoms with van der Waals surface area (Å²) in [5.74, 6) is -0.504. The molecule has 0 spiro atoms. The molecule has 0 bridgehead atoms. The maximum Gasteiger partial charge on any atom is 0.250 e. The van der Waals surface area contributed by atoms with Crippen LogP contribution in [0.1, 0.15) is 15.9 Å². The van der Waals surface area contributed by atoms with Gasteiger partial charge in [0.1, 0.15) is 0 Å². The van der Waals surface area contributed by atoms with Gasteiger partial charge < -0.3 is 16.8 Å². The lowest BCUT2D eigenvalue weighted by molar-refractivity contribution is 0.100. The Morgan fingerprint density at radius 3 is 2.78 bits per heavy atom. The second-order valence-corrected chi connectivity index (χ2v) is 3.85. The number of carbonyl (C=O) groups excluding carboxylic acids is 1. The fourth-order valence-electron chi connectivity index (χ4n) is 1.67. The minimum absolute atomic E-state index is 0.388. The van der Waals surface area contributed by atoms with Crippen LogP contribution in [0.2, 0.25) is 0 Å². The molecular weight excluding hydrogens is 228 g/mol. The van der Waals surface area contributed by atoms with E-state index < -0.39 is 5.91 Å². The second kappa shape index (κ2) is 5.18. The number of carbonyl (C=O) groups is 1. The highest BCUT2D eigenvalue weighted by Gasteiger charge is 2.10. The molecule has 0 radical (unpaired) electrons. The third-order valence-corrected chi connectivity index (χ3v) is 2.55. The number of aromatic nitrogens is 1. The van der Waals surface area contributed by atoms with Crippen LogP contribution in [-0.4, -0.2) is 10.9 Å². The molecule has 0 atom stereocenters. The molecule has 0 saturated heterocycles. The average molecular weight is 242 g/mol. The van der Waals surface area contributed by atoms with E-state index in [0.717, 1.165) is 5.56 Å². The summed E-state index contributed by atoms with van der Waals surface area (Å²) < 4.78 is 0. The van der Waals surface area contributed by atoms with Crippen LogP contribution in [-0.2, 0) is 6.54 Å². The molecular formula is C13H14N4O. The lowest BCUT2D eigenvalue weighted by Gasteiger charge is -2.12. The molecule has 2 rings (SSSR count). The first kappa shape index (κ1) is 11.9. The largest absolute Gasteiger partial charge is 0.397 e. The molecule has 0 saturated carbocycles. The number of amides is 1. The van der Waals surface area contributed by atoms with Gasteiger partial charge in [-0.05, 0) is 23.8 Å². The van der Waals surface area contributed by atoms with Gasteiger partial charge >= 0.3 is 0 Å². The van der Waals surface area contributed by atoms with Crippen LogP contribution >= 0.6 is 0 Å². The number of primary amides is 1. The van der Waals surface area contributed by atoms with Gasteiger partial charge in [0.05, 0.1) is 16.9 Å². The minimum Gasteiger partial charge on any atom is -0.397 e. The Morgan fingerprint density at radius 2 is 2.11 bits per heavy atom. The first-order chi connectivity index (χ1) is 8.68. The number of rotatable bonds is 4. The van der Waals surface area contributed by atoms with E-state index in [9.17, 15) is 4.79 Å². The van der Waals surface area contributed by atoms with E-state index in [4.69, 9.17) is 11.5 Å². The molecule has 5 heteroatoms. The maximum atomic E-state index is 11.3. The van der Waals surface area contributed by atoms with E-state index in [1.807, 2.05) is 12.1 Å². The SMILES string of the molecule is NC(=O)c1cccc(N)c1NCc1cccnc1. The molecule has 0 aliphatic rings. The van der Waals surface area contributed by atoms with Gasteiger partial charge in [-0.3, -0.25) is 9.78 Å². The number of nitrogens with one attached hydrogen (secondary N) is 1. The van der Waals surface area contributed by atoms with Crippen LogP contribution < -0.4 is 16.8 Å². The van der Waals surface area contributed by atoms with Gasteiger partial charge in [-0.2, -0.15) is 0 Å². The van der Waals surface area contributed by atoms with Crippen molar-refractivity contribution in [1.29, 1.82) is 0 Å². The van der Waals surface area contributed by atoms with Crippen LogP contribution in [0.25, 0.3) is 0 Å². The number of nitrogens with two attached hydrogens (primary N) is 2. The minimum atomic E-state index is -0.504. The van der Waals surface area contributed by atoms with Gasteiger partial charge in [0.25, 0.3) is 5.91 Å². The zero-order chi connectivity index (χ0) is 13.0. The molecule has 1 aromatic heterocycles. The smallest absolute Gasteiger partial charge is 0.250 e. The summed E-state index contributed by atoms with van der Waals surface area (Å²) in [6.07, 6.45) is 3.45. The summed E-state index contributed by atoms with van der Waals surface area (Å²) in [5.41, 5.74) is 13.6. The van der Waals surface area contributed by atoms with Gasteiger partial charge in [-0.1, -0.05) is 12.1 Å². The molecule has 1 amide bonds. The van der Waals surface area contributed by atoms with Gasteiger partial charge in [-0.15, -0.1) is 0 Å². The number of nitrogens with zero attached hydrogens (tertiary/aromatic N) is 1. The predicted octanol–water partition coefficient (Wildman–Crippen LogP) is 1.37. The van der Waals surface area contributed by atoms with E-state index in [2.05, 4.69) is 10.3 Å². The Kier molecular flexibility index (Phi) is 3.43. The number of hydrogen-bond donors (Lipinski definition) is 3. The standard InChI is InChI=1S/C13H14N4O/c14-11-5-1-4-10(13(15)18)12(11)17-8-9-3-2-6-16-7-9/h1-7,17H,8,14H2,(H2,15,18). The lowest BCUT2D eigenvalue weighted by atomic mass is 10.1. The van der Waals surface area contributed by atoms with E-state index in [1.54, 1.807) is 30.6 Å². The van der Waals surface area contributed by atoms with Crippen LogP contribution in [0.5, 0.6) is 0 Å². The van der Waals surface area contributed by atoms with Crippen molar-refractivity contribution in [2.45, 2.75) is 6.54 Å². The predicted molar refractivity (Wildman–Crippen MR) is 70.9 cm³/mol. The van der Waals surface area contributed by atoms with Crippen LogP contribution in [0.4, 0.5) is 11.4 Å². The number of benzene rings is 1. The number of hydrogen-bond acceptors (Lipinski definition) is 4. The number of para-hydroxylation sites is 1. The molecule has 0 aliphatic carbocycles. The zero-order valence-electron chi connectivity index (χ0n) is 9.76. The zero-order valence-corrected chi connectivity index (χ0v) is 9.76. The summed E-state index contributed by atoms with van der Waals surface area (Å²) in [7, 11) is 0. The van der Waals surface area contributed by atoms with Crippen LogP contribution in [0.15, 0.2) is 42.7 Å². The Labute approximate surface area is 105 Å². The summed E-state index contributed by atoms with van der Waals surface area (Å²) >= 11 is 0. The molecule has 1 aromatic carbocycles. The van der Waals surface area contributed by atoms with E-state index in [-0.39, 0.29) is 0 Å². The Balaban J connectivity index is 2.21.